The van der Waals surface area contributed by atoms with E-state index in [1.165, 1.54) is 30.3 Å². The van der Waals surface area contributed by atoms with Gasteiger partial charge in [0.2, 0.25) is 0 Å². The second-order valence-corrected chi connectivity index (χ2v) is 7.33. The maximum Gasteiger partial charge on any atom is 0.347 e. The lowest BCUT2D eigenvalue weighted by Gasteiger charge is -2.13. The Bertz CT molecular complexity index is 1530. The summed E-state index contributed by atoms with van der Waals surface area (Å²) in [5.41, 5.74) is 2.04. The molecule has 0 saturated carbocycles. The fourth-order valence-electron chi connectivity index (χ4n) is 3.59. The summed E-state index contributed by atoms with van der Waals surface area (Å²) in [6.07, 6.45) is 0. The van der Waals surface area contributed by atoms with E-state index in [1.807, 2.05) is 0 Å². The van der Waals surface area contributed by atoms with Crippen LogP contribution in [0.25, 0.3) is 44.6 Å². The number of aryl methyl sites for hydroxylation is 1. The van der Waals surface area contributed by atoms with Crippen LogP contribution >= 0.6 is 0 Å². The van der Waals surface area contributed by atoms with Crippen molar-refractivity contribution >= 4 is 21.9 Å². The molecule has 154 valence electrons. The molecule has 7 nitrogen and oxygen atoms in total. The van der Waals surface area contributed by atoms with E-state index in [-0.39, 0.29) is 45.4 Å². The van der Waals surface area contributed by atoms with Gasteiger partial charge in [0.25, 0.3) is 0 Å². The molecule has 5 aromatic rings. The summed E-state index contributed by atoms with van der Waals surface area (Å²) in [7, 11) is 0. The number of hydrogen-bond acceptors (Lipinski definition) is 6. The Morgan fingerprint density at radius 1 is 0.710 bits per heavy atom. The van der Waals surface area contributed by atoms with Crippen molar-refractivity contribution < 1.29 is 34.1 Å². The number of aromatic hydroxyl groups is 4. The van der Waals surface area contributed by atoms with Crippen LogP contribution in [0.15, 0.2) is 63.4 Å². The van der Waals surface area contributed by atoms with Gasteiger partial charge in [0, 0.05) is 16.5 Å². The van der Waals surface area contributed by atoms with E-state index < -0.39 is 0 Å². The molecule has 0 atom stereocenters. The van der Waals surface area contributed by atoms with Crippen molar-refractivity contribution in [2.45, 2.75) is 6.92 Å². The average Bonchev–Trinajstić information content (AvgIpc) is 2.74. The lowest BCUT2D eigenvalue weighted by atomic mass is 10.0. The minimum Gasteiger partial charge on any atom is -0.508 e. The van der Waals surface area contributed by atoms with Gasteiger partial charge in [-0.15, -0.1) is 0 Å². The number of phenolic OH excluding ortho intramolecular Hbond substituents is 3. The lowest BCUT2D eigenvalue weighted by molar-refractivity contribution is 0.403. The molecular formula is C24H17O7+. The monoisotopic (exact) mass is 417 g/mol. The molecule has 0 fully saturated rings. The molecule has 0 bridgehead atoms. The van der Waals surface area contributed by atoms with E-state index >= 15 is 0 Å². The van der Waals surface area contributed by atoms with E-state index in [9.17, 15) is 25.2 Å². The van der Waals surface area contributed by atoms with Gasteiger partial charge in [-0.1, -0.05) is 12.1 Å². The van der Waals surface area contributed by atoms with Crippen LogP contribution in [-0.2, 0) is 0 Å². The largest absolute Gasteiger partial charge is 0.508 e. The third-order valence-electron chi connectivity index (χ3n) is 5.23. The first-order chi connectivity index (χ1) is 14.8. The van der Waals surface area contributed by atoms with Gasteiger partial charge in [-0.3, -0.25) is 4.79 Å². The Labute approximate surface area is 174 Å². The van der Waals surface area contributed by atoms with Gasteiger partial charge < -0.3 is 29.3 Å². The highest BCUT2D eigenvalue weighted by atomic mass is 16.4. The predicted octanol–water partition coefficient (Wildman–Crippen LogP) is 4.65. The van der Waals surface area contributed by atoms with Gasteiger partial charge in [-0.25, -0.2) is 0 Å². The molecule has 7 heteroatoms. The fraction of sp³-hybridized carbons (Fsp3) is 0.0417. The van der Waals surface area contributed by atoms with E-state index in [2.05, 4.69) is 0 Å². The summed E-state index contributed by atoms with van der Waals surface area (Å²) in [6, 6.07) is 13.5. The van der Waals surface area contributed by atoms with E-state index in [1.54, 1.807) is 31.2 Å². The molecule has 0 amide bonds. The molecule has 0 radical (unpaired) electrons. The van der Waals surface area contributed by atoms with Crippen molar-refractivity contribution in [1.29, 1.82) is 0 Å². The molecule has 0 aliphatic carbocycles. The highest BCUT2D eigenvalue weighted by molar-refractivity contribution is 6.10. The van der Waals surface area contributed by atoms with Crippen LogP contribution in [-0.4, -0.2) is 25.2 Å². The van der Waals surface area contributed by atoms with Crippen molar-refractivity contribution in [1.82, 2.24) is 0 Å². The fourth-order valence-corrected chi connectivity index (χ4v) is 3.59. The minimum absolute atomic E-state index is 0.0404. The Kier molecular flexibility index (Phi) is 3.94. The molecule has 31 heavy (non-hydrogen) atoms. The molecule has 5 N–H and O–H groups in total. The number of phenols is 3. The summed E-state index contributed by atoms with van der Waals surface area (Å²) < 4.78 is 11.8. The molecule has 0 aliphatic rings. The number of benzene rings is 3. The average molecular weight is 417 g/mol. The lowest BCUT2D eigenvalue weighted by Crippen LogP contribution is -2.00. The van der Waals surface area contributed by atoms with Crippen LogP contribution in [0.5, 0.6) is 23.0 Å². The van der Waals surface area contributed by atoms with Crippen LogP contribution < -0.4 is 5.43 Å². The van der Waals surface area contributed by atoms with Crippen LogP contribution in [0.1, 0.15) is 5.56 Å². The SMILES string of the molecule is Cc1ccc(-c2cc3c(O)c(-c4ccc(O)c(O)c4)oc4cc(=[OH+])cc(o2)c43)cc1O. The third kappa shape index (κ3) is 2.95. The van der Waals surface area contributed by atoms with E-state index in [0.717, 1.165) is 0 Å². The highest BCUT2D eigenvalue weighted by Gasteiger charge is 2.21. The van der Waals surface area contributed by atoms with Crippen molar-refractivity contribution in [3.8, 4) is 45.6 Å². The maximum absolute atomic E-state index is 11.0. The summed E-state index contributed by atoms with van der Waals surface area (Å²) >= 11 is 0. The Morgan fingerprint density at radius 3 is 2.10 bits per heavy atom. The second kappa shape index (κ2) is 6.56. The number of rotatable bonds is 2. The zero-order chi connectivity index (χ0) is 21.9. The molecule has 0 aliphatic heterocycles. The van der Waals surface area contributed by atoms with E-state index in [0.29, 0.717) is 33.2 Å². The topological polar surface area (TPSA) is 129 Å². The Balaban J connectivity index is 1.86. The van der Waals surface area contributed by atoms with Gasteiger partial charge in [0.05, 0.1) is 17.5 Å². The van der Waals surface area contributed by atoms with Crippen molar-refractivity contribution in [2.24, 2.45) is 0 Å². The molecule has 2 heterocycles. The summed E-state index contributed by atoms with van der Waals surface area (Å²) in [5, 5.41) is 41.4. The van der Waals surface area contributed by atoms with Gasteiger partial charge in [0.1, 0.15) is 22.7 Å². The van der Waals surface area contributed by atoms with Crippen LogP contribution in [0.3, 0.4) is 0 Å². The Morgan fingerprint density at radius 2 is 1.39 bits per heavy atom. The smallest absolute Gasteiger partial charge is 0.347 e. The highest BCUT2D eigenvalue weighted by Crippen LogP contribution is 2.43. The van der Waals surface area contributed by atoms with Crippen LogP contribution in [0, 0.1) is 6.92 Å². The van der Waals surface area contributed by atoms with Crippen molar-refractivity contribution in [3.05, 3.63) is 65.6 Å². The van der Waals surface area contributed by atoms with Gasteiger partial charge in [0.15, 0.2) is 23.0 Å². The van der Waals surface area contributed by atoms with Crippen molar-refractivity contribution in [2.75, 3.05) is 0 Å². The standard InChI is InChI=1S/C24H16O7/c1-11-2-3-12(6-17(11)27)19-10-15-22-20(30-19)8-14(25)9-21(22)31-24(23(15)29)13-4-5-16(26)18(28)7-13/h2-10,26-29H,1H3/p+1. The van der Waals surface area contributed by atoms with Crippen molar-refractivity contribution in [3.63, 3.8) is 0 Å². The zero-order valence-corrected chi connectivity index (χ0v) is 16.2. The molecule has 0 saturated heterocycles. The first-order valence-corrected chi connectivity index (χ1v) is 9.39. The summed E-state index contributed by atoms with van der Waals surface area (Å²) in [4.78, 5) is 10.2. The predicted molar refractivity (Wildman–Crippen MR) is 113 cm³/mol. The minimum atomic E-state index is -0.368. The zero-order valence-electron chi connectivity index (χ0n) is 16.2. The molecule has 2 aromatic heterocycles. The first-order valence-electron chi connectivity index (χ1n) is 9.39. The Hall–Kier alpha value is -4.39. The summed E-state index contributed by atoms with van der Waals surface area (Å²) in [5.74, 6) is -0.385. The first kappa shape index (κ1) is 18.6. The van der Waals surface area contributed by atoms with Crippen LogP contribution in [0.2, 0.25) is 0 Å². The van der Waals surface area contributed by atoms with Crippen LogP contribution in [0.4, 0.5) is 0 Å². The van der Waals surface area contributed by atoms with Gasteiger partial charge in [-0.05, 0) is 42.8 Å². The summed E-state index contributed by atoms with van der Waals surface area (Å²) in [6.45, 7) is 1.77. The van der Waals surface area contributed by atoms with Gasteiger partial charge in [-0.2, -0.15) is 0 Å². The maximum atomic E-state index is 11.0. The number of hydrogen-bond donors (Lipinski definition) is 4. The third-order valence-corrected chi connectivity index (χ3v) is 5.23. The molecule has 0 spiro atoms. The van der Waals surface area contributed by atoms with Gasteiger partial charge >= 0.3 is 5.43 Å². The molecule has 0 unspecified atom stereocenters. The molecule has 5 rings (SSSR count). The quantitative estimate of drug-likeness (QED) is 0.244. The molecular weight excluding hydrogens is 400 g/mol. The second-order valence-electron chi connectivity index (χ2n) is 7.33. The molecule has 3 aromatic carbocycles. The normalized spacial score (nSPS) is 11.4. The van der Waals surface area contributed by atoms with E-state index in [4.69, 9.17) is 8.83 Å².